The van der Waals surface area contributed by atoms with Crippen molar-refractivity contribution in [3.8, 4) is 5.75 Å². The Morgan fingerprint density at radius 1 is 1.03 bits per heavy atom. The van der Waals surface area contributed by atoms with Gasteiger partial charge in [-0.2, -0.15) is 0 Å². The lowest BCUT2D eigenvalue weighted by Crippen LogP contribution is -2.39. The lowest BCUT2D eigenvalue weighted by Gasteiger charge is -2.32. The van der Waals surface area contributed by atoms with Gasteiger partial charge in [0, 0.05) is 5.56 Å². The van der Waals surface area contributed by atoms with Crippen molar-refractivity contribution in [3.63, 3.8) is 0 Å². The van der Waals surface area contributed by atoms with E-state index in [1.807, 2.05) is 27.7 Å². The zero-order chi connectivity index (χ0) is 22.5. The highest BCUT2D eigenvalue weighted by Crippen LogP contribution is 2.38. The molecule has 2 rings (SSSR count). The van der Waals surface area contributed by atoms with Crippen molar-refractivity contribution in [2.45, 2.75) is 45.1 Å². The van der Waals surface area contributed by atoms with Crippen molar-refractivity contribution in [2.75, 3.05) is 14.2 Å². The Morgan fingerprint density at radius 3 is 2.17 bits per heavy atom. The maximum atomic E-state index is 13.2. The Labute approximate surface area is 179 Å². The van der Waals surface area contributed by atoms with Crippen LogP contribution in [-0.2, 0) is 19.6 Å². The molecule has 2 atom stereocenters. The number of para-hydroxylation sites is 1. The number of hydrogen-bond donors (Lipinski definition) is 1. The summed E-state index contributed by atoms with van der Waals surface area (Å²) in [5.41, 5.74) is 1.29. The Bertz CT molecular complexity index is 962. The van der Waals surface area contributed by atoms with E-state index in [2.05, 4.69) is 4.72 Å². The number of methoxy groups -OCH3 is 2. The number of esters is 1. The highest BCUT2D eigenvalue weighted by Gasteiger charge is 2.38. The van der Waals surface area contributed by atoms with Crippen LogP contribution in [0.2, 0.25) is 0 Å². The van der Waals surface area contributed by atoms with Crippen LogP contribution in [0, 0.1) is 18.3 Å². The van der Waals surface area contributed by atoms with Crippen LogP contribution in [0.4, 0.5) is 0 Å². The molecule has 2 aromatic carbocycles. The third kappa shape index (κ3) is 6.06. The van der Waals surface area contributed by atoms with E-state index in [0.29, 0.717) is 17.7 Å². The van der Waals surface area contributed by atoms with Gasteiger partial charge in [0.2, 0.25) is 10.0 Å². The van der Waals surface area contributed by atoms with E-state index in [4.69, 9.17) is 9.47 Å². The second-order valence-corrected chi connectivity index (χ2v) is 10.3. The molecule has 0 saturated heterocycles. The average Bonchev–Trinajstić information content (AvgIpc) is 2.69. The third-order valence-corrected chi connectivity index (χ3v) is 6.28. The molecule has 7 heteroatoms. The van der Waals surface area contributed by atoms with Crippen molar-refractivity contribution in [3.05, 3.63) is 59.7 Å². The SMILES string of the molecule is COC(=O)[C@@H](CC(C)(C)C)[C@H](NS(=O)(=O)c1ccc(C)cc1)c1ccccc1OC. The third-order valence-electron chi connectivity index (χ3n) is 4.83. The van der Waals surface area contributed by atoms with Crippen molar-refractivity contribution in [2.24, 2.45) is 11.3 Å². The molecule has 0 bridgehead atoms. The smallest absolute Gasteiger partial charge is 0.310 e. The molecule has 0 aliphatic rings. The van der Waals surface area contributed by atoms with E-state index < -0.39 is 28.0 Å². The van der Waals surface area contributed by atoms with Crippen LogP contribution in [-0.4, -0.2) is 28.6 Å². The maximum absolute atomic E-state index is 13.2. The zero-order valence-corrected chi connectivity index (χ0v) is 19.2. The maximum Gasteiger partial charge on any atom is 0.310 e. The summed E-state index contributed by atoms with van der Waals surface area (Å²) in [5, 5.41) is 0. The van der Waals surface area contributed by atoms with Gasteiger partial charge < -0.3 is 9.47 Å². The number of ether oxygens (including phenoxy) is 2. The first-order chi connectivity index (χ1) is 14.0. The quantitative estimate of drug-likeness (QED) is 0.630. The second kappa shape index (κ2) is 9.62. The fourth-order valence-corrected chi connectivity index (χ4v) is 4.64. The van der Waals surface area contributed by atoms with Crippen molar-refractivity contribution in [1.29, 1.82) is 0 Å². The van der Waals surface area contributed by atoms with E-state index in [1.165, 1.54) is 14.2 Å². The van der Waals surface area contributed by atoms with Crippen LogP contribution in [0.3, 0.4) is 0 Å². The Balaban J connectivity index is 2.60. The van der Waals surface area contributed by atoms with Gasteiger partial charge >= 0.3 is 5.97 Å². The van der Waals surface area contributed by atoms with Crippen LogP contribution in [0.15, 0.2) is 53.4 Å². The fraction of sp³-hybridized carbons (Fsp3) is 0.435. The van der Waals surface area contributed by atoms with E-state index in [-0.39, 0.29) is 10.3 Å². The van der Waals surface area contributed by atoms with Crippen molar-refractivity contribution < 1.29 is 22.7 Å². The van der Waals surface area contributed by atoms with Gasteiger partial charge in [0.15, 0.2) is 0 Å². The van der Waals surface area contributed by atoms with E-state index >= 15 is 0 Å². The Hall–Kier alpha value is -2.38. The summed E-state index contributed by atoms with van der Waals surface area (Å²) in [6.07, 6.45) is 0.415. The Kier molecular flexibility index (Phi) is 7.66. The number of sulfonamides is 1. The second-order valence-electron chi connectivity index (χ2n) is 8.55. The van der Waals surface area contributed by atoms with E-state index in [1.54, 1.807) is 48.5 Å². The molecule has 0 saturated carbocycles. The summed E-state index contributed by atoms with van der Waals surface area (Å²) >= 11 is 0. The minimum absolute atomic E-state index is 0.132. The summed E-state index contributed by atoms with van der Waals surface area (Å²) in [7, 11) is -1.08. The van der Waals surface area contributed by atoms with E-state index in [0.717, 1.165) is 5.56 Å². The van der Waals surface area contributed by atoms with Gasteiger partial charge in [-0.15, -0.1) is 0 Å². The first-order valence-electron chi connectivity index (χ1n) is 9.78. The van der Waals surface area contributed by atoms with Crippen LogP contribution >= 0.6 is 0 Å². The van der Waals surface area contributed by atoms with E-state index in [9.17, 15) is 13.2 Å². The van der Waals surface area contributed by atoms with Crippen LogP contribution in [0.1, 0.15) is 44.4 Å². The molecule has 0 heterocycles. The molecule has 6 nitrogen and oxygen atoms in total. The number of nitrogens with one attached hydrogen (secondary N) is 1. The van der Waals surface area contributed by atoms with Gasteiger partial charge in [-0.05, 0) is 37.0 Å². The fourth-order valence-electron chi connectivity index (χ4n) is 3.39. The van der Waals surface area contributed by atoms with Gasteiger partial charge in [0.25, 0.3) is 0 Å². The molecule has 0 unspecified atom stereocenters. The predicted molar refractivity (Wildman–Crippen MR) is 117 cm³/mol. The molecule has 0 aliphatic carbocycles. The summed E-state index contributed by atoms with van der Waals surface area (Å²) in [6.45, 7) is 7.88. The average molecular weight is 434 g/mol. The van der Waals surface area contributed by atoms with Gasteiger partial charge in [-0.25, -0.2) is 13.1 Å². The normalized spacial score (nSPS) is 14.1. The molecule has 30 heavy (non-hydrogen) atoms. The molecule has 0 amide bonds. The molecule has 1 N–H and O–H groups in total. The Morgan fingerprint density at radius 2 is 1.63 bits per heavy atom. The molecule has 2 aromatic rings. The van der Waals surface area contributed by atoms with Crippen LogP contribution in [0.25, 0.3) is 0 Å². The van der Waals surface area contributed by atoms with Gasteiger partial charge in [0.05, 0.1) is 31.1 Å². The monoisotopic (exact) mass is 433 g/mol. The van der Waals surface area contributed by atoms with Gasteiger partial charge in [-0.3, -0.25) is 4.79 Å². The summed E-state index contributed by atoms with van der Waals surface area (Å²) in [4.78, 5) is 12.9. The molecule has 0 aromatic heterocycles. The molecule has 0 aliphatic heterocycles. The van der Waals surface area contributed by atoms with Crippen LogP contribution in [0.5, 0.6) is 5.75 Å². The molecular formula is C23H31NO5S. The number of aryl methyl sites for hydroxylation is 1. The lowest BCUT2D eigenvalue weighted by molar-refractivity contribution is -0.147. The standard InChI is InChI=1S/C23H31NO5S/c1-16-11-13-17(14-12-16)30(26,27)24-21(18-9-7-8-10-20(18)28-5)19(22(25)29-6)15-23(2,3)4/h7-14,19,21,24H,15H2,1-6H3/t19-,21+/m0/s1. The number of rotatable bonds is 8. The molecule has 0 fully saturated rings. The van der Waals surface area contributed by atoms with Gasteiger partial charge in [-0.1, -0.05) is 56.7 Å². The lowest BCUT2D eigenvalue weighted by atomic mass is 9.79. The predicted octanol–water partition coefficient (Wildman–Crippen LogP) is 4.25. The largest absolute Gasteiger partial charge is 0.496 e. The number of carbonyl (C=O) groups is 1. The van der Waals surface area contributed by atoms with Crippen molar-refractivity contribution in [1.82, 2.24) is 4.72 Å². The minimum atomic E-state index is -3.91. The zero-order valence-electron chi connectivity index (χ0n) is 18.4. The molecule has 0 spiro atoms. The molecular weight excluding hydrogens is 402 g/mol. The van der Waals surface area contributed by atoms with Gasteiger partial charge in [0.1, 0.15) is 5.75 Å². The highest BCUT2D eigenvalue weighted by atomic mass is 32.2. The number of hydrogen-bond acceptors (Lipinski definition) is 5. The number of benzene rings is 2. The first-order valence-corrected chi connectivity index (χ1v) is 11.3. The first kappa shape index (κ1) is 23.9. The topological polar surface area (TPSA) is 81.7 Å². The van der Waals surface area contributed by atoms with Crippen LogP contribution < -0.4 is 9.46 Å². The summed E-state index contributed by atoms with van der Waals surface area (Å²) in [6, 6.07) is 12.8. The minimum Gasteiger partial charge on any atom is -0.496 e. The summed E-state index contributed by atoms with van der Waals surface area (Å²) < 4.78 is 39.7. The summed E-state index contributed by atoms with van der Waals surface area (Å²) in [5.74, 6) is -0.726. The molecule has 0 radical (unpaired) electrons. The van der Waals surface area contributed by atoms with Crippen molar-refractivity contribution >= 4 is 16.0 Å². The number of carbonyl (C=O) groups excluding carboxylic acids is 1. The molecule has 164 valence electrons. The highest BCUT2D eigenvalue weighted by molar-refractivity contribution is 7.89.